The van der Waals surface area contributed by atoms with Crippen molar-refractivity contribution in [1.29, 1.82) is 0 Å². The first-order chi connectivity index (χ1) is 10.1. The number of hydrogen-bond acceptors (Lipinski definition) is 4. The number of carbonyl (C=O) groups is 1. The van der Waals surface area contributed by atoms with Crippen molar-refractivity contribution in [3.63, 3.8) is 0 Å². The molecule has 2 heterocycles. The Morgan fingerprint density at radius 2 is 2.00 bits per heavy atom. The summed E-state index contributed by atoms with van der Waals surface area (Å²) in [5, 5.41) is 0. The third-order valence-electron chi connectivity index (χ3n) is 4.51. The number of carbonyl (C=O) groups excluding carboxylic acids is 1. The minimum Gasteiger partial charge on any atom is -0.353 e. The van der Waals surface area contributed by atoms with E-state index < -0.39 is 0 Å². The molecular weight excluding hydrogens is 332 g/mol. The number of halogens is 1. The van der Waals surface area contributed by atoms with Crippen LogP contribution in [-0.4, -0.2) is 48.0 Å². The fourth-order valence-corrected chi connectivity index (χ4v) is 3.48. The lowest BCUT2D eigenvalue weighted by molar-refractivity contribution is -0.136. The van der Waals surface area contributed by atoms with Gasteiger partial charge >= 0.3 is 0 Å². The highest BCUT2D eigenvalue weighted by molar-refractivity contribution is 9.10. The van der Waals surface area contributed by atoms with Gasteiger partial charge in [0.1, 0.15) is 5.82 Å². The number of nitrogens with zero attached hydrogens (tertiary/aromatic N) is 3. The Morgan fingerprint density at radius 1 is 1.24 bits per heavy atom. The van der Waals surface area contributed by atoms with Crippen LogP contribution in [0, 0.1) is 5.92 Å². The fourth-order valence-electron chi connectivity index (χ4n) is 3.24. The molecule has 1 aromatic rings. The smallest absolute Gasteiger partial charge is 0.227 e. The van der Waals surface area contributed by atoms with Gasteiger partial charge in [0.15, 0.2) is 0 Å². The number of rotatable bonds is 2. The van der Waals surface area contributed by atoms with Crippen LogP contribution >= 0.6 is 15.9 Å². The Hall–Kier alpha value is -1.14. The molecule has 1 aromatic heterocycles. The van der Waals surface area contributed by atoms with E-state index in [1.807, 2.05) is 23.2 Å². The first-order valence-corrected chi connectivity index (χ1v) is 8.35. The maximum atomic E-state index is 12.5. The zero-order chi connectivity index (χ0) is 14.8. The molecular formula is C15H21BrN4O. The topological polar surface area (TPSA) is 62.5 Å². The lowest BCUT2D eigenvalue weighted by Gasteiger charge is -2.37. The third kappa shape index (κ3) is 3.21. The standard InChI is InChI=1S/C15H21BrN4O/c16-11-4-5-14(18-10-11)19-6-8-20(9-7-19)15(21)12-2-1-3-13(12)17/h4-5,10,12-13H,1-3,6-9,17H2/t12-,13-/m0/s1. The van der Waals surface area contributed by atoms with Crippen molar-refractivity contribution in [2.75, 3.05) is 31.1 Å². The SMILES string of the molecule is N[C@H]1CCC[C@@H]1C(=O)N1CCN(c2ccc(Br)cn2)CC1. The van der Waals surface area contributed by atoms with E-state index in [2.05, 4.69) is 25.8 Å². The highest BCUT2D eigenvalue weighted by Gasteiger charge is 2.34. The molecule has 5 nitrogen and oxygen atoms in total. The highest BCUT2D eigenvalue weighted by atomic mass is 79.9. The molecule has 0 bridgehead atoms. The third-order valence-corrected chi connectivity index (χ3v) is 4.98. The maximum absolute atomic E-state index is 12.5. The van der Waals surface area contributed by atoms with Crippen LogP contribution in [0.1, 0.15) is 19.3 Å². The van der Waals surface area contributed by atoms with Gasteiger partial charge in [-0.05, 0) is 40.9 Å². The second-order valence-corrected chi connectivity index (χ2v) is 6.76. The van der Waals surface area contributed by atoms with E-state index in [0.717, 1.165) is 55.7 Å². The highest BCUT2D eigenvalue weighted by Crippen LogP contribution is 2.26. The van der Waals surface area contributed by atoms with E-state index in [0.29, 0.717) is 0 Å². The van der Waals surface area contributed by atoms with Crippen molar-refractivity contribution in [3.05, 3.63) is 22.8 Å². The summed E-state index contributed by atoms with van der Waals surface area (Å²) in [5.74, 6) is 1.27. The molecule has 1 aliphatic heterocycles. The van der Waals surface area contributed by atoms with E-state index in [9.17, 15) is 4.79 Å². The Morgan fingerprint density at radius 3 is 2.57 bits per heavy atom. The molecule has 0 spiro atoms. The van der Waals surface area contributed by atoms with E-state index in [4.69, 9.17) is 5.73 Å². The molecule has 0 unspecified atom stereocenters. The molecule has 21 heavy (non-hydrogen) atoms. The molecule has 2 atom stereocenters. The zero-order valence-electron chi connectivity index (χ0n) is 12.0. The molecule has 6 heteroatoms. The predicted octanol–water partition coefficient (Wildman–Crippen LogP) is 1.62. The molecule has 1 saturated carbocycles. The number of hydrogen-bond donors (Lipinski definition) is 1. The van der Waals surface area contributed by atoms with Gasteiger partial charge in [-0.15, -0.1) is 0 Å². The van der Waals surface area contributed by atoms with Gasteiger partial charge in [0.05, 0.1) is 5.92 Å². The predicted molar refractivity (Wildman–Crippen MR) is 86.0 cm³/mol. The summed E-state index contributed by atoms with van der Waals surface area (Å²) in [6.45, 7) is 3.20. The molecule has 1 saturated heterocycles. The van der Waals surface area contributed by atoms with Crippen LogP contribution in [0.15, 0.2) is 22.8 Å². The monoisotopic (exact) mass is 352 g/mol. The molecule has 2 aliphatic rings. The summed E-state index contributed by atoms with van der Waals surface area (Å²) in [4.78, 5) is 21.1. The van der Waals surface area contributed by atoms with Gasteiger partial charge in [0.2, 0.25) is 5.91 Å². The Bertz CT molecular complexity index is 499. The van der Waals surface area contributed by atoms with Crippen LogP contribution in [0.2, 0.25) is 0 Å². The number of aromatic nitrogens is 1. The van der Waals surface area contributed by atoms with Crippen LogP contribution in [0.25, 0.3) is 0 Å². The summed E-state index contributed by atoms with van der Waals surface area (Å²) in [6.07, 6.45) is 4.83. The van der Waals surface area contributed by atoms with Crippen LogP contribution in [0.3, 0.4) is 0 Å². The second-order valence-electron chi connectivity index (χ2n) is 5.85. The summed E-state index contributed by atoms with van der Waals surface area (Å²) in [7, 11) is 0. The molecule has 1 aliphatic carbocycles. The van der Waals surface area contributed by atoms with E-state index in [1.165, 1.54) is 0 Å². The zero-order valence-corrected chi connectivity index (χ0v) is 13.6. The van der Waals surface area contributed by atoms with Gasteiger partial charge in [0.25, 0.3) is 0 Å². The average Bonchev–Trinajstić information content (AvgIpc) is 2.94. The maximum Gasteiger partial charge on any atom is 0.227 e. The van der Waals surface area contributed by atoms with Crippen molar-refractivity contribution in [2.45, 2.75) is 25.3 Å². The largest absolute Gasteiger partial charge is 0.353 e. The first-order valence-electron chi connectivity index (χ1n) is 7.56. The van der Waals surface area contributed by atoms with Gasteiger partial charge in [-0.1, -0.05) is 6.42 Å². The summed E-state index contributed by atoms with van der Waals surface area (Å²) < 4.78 is 0.982. The van der Waals surface area contributed by atoms with Gasteiger partial charge in [-0.2, -0.15) is 0 Å². The number of anilines is 1. The molecule has 3 rings (SSSR count). The molecule has 2 N–H and O–H groups in total. The minimum absolute atomic E-state index is 0.0438. The van der Waals surface area contributed by atoms with Crippen molar-refractivity contribution < 1.29 is 4.79 Å². The van der Waals surface area contributed by atoms with Crippen molar-refractivity contribution in [1.82, 2.24) is 9.88 Å². The normalized spacial score (nSPS) is 26.2. The van der Waals surface area contributed by atoms with E-state index in [-0.39, 0.29) is 17.9 Å². The lowest BCUT2D eigenvalue weighted by atomic mass is 10.0. The Labute approximate surface area is 133 Å². The first kappa shape index (κ1) is 14.8. The minimum atomic E-state index is 0.0438. The average molecular weight is 353 g/mol. The summed E-state index contributed by atoms with van der Waals surface area (Å²) in [6, 6.07) is 4.06. The molecule has 0 radical (unpaired) electrons. The quantitative estimate of drug-likeness (QED) is 0.878. The van der Waals surface area contributed by atoms with Crippen molar-refractivity contribution >= 4 is 27.7 Å². The fraction of sp³-hybridized carbons (Fsp3) is 0.600. The van der Waals surface area contributed by atoms with Crippen LogP contribution in [-0.2, 0) is 4.79 Å². The number of piperazine rings is 1. The van der Waals surface area contributed by atoms with Crippen molar-refractivity contribution in [3.8, 4) is 0 Å². The van der Waals surface area contributed by atoms with Crippen LogP contribution in [0.5, 0.6) is 0 Å². The Balaban J connectivity index is 1.57. The number of nitrogens with two attached hydrogens (primary N) is 1. The molecule has 2 fully saturated rings. The molecule has 0 aromatic carbocycles. The number of amides is 1. The molecule has 1 amide bonds. The molecule has 114 valence electrons. The van der Waals surface area contributed by atoms with Crippen LogP contribution < -0.4 is 10.6 Å². The Kier molecular flexibility index (Phi) is 4.45. The van der Waals surface area contributed by atoms with Gasteiger partial charge < -0.3 is 15.5 Å². The number of pyridine rings is 1. The summed E-state index contributed by atoms with van der Waals surface area (Å²) >= 11 is 3.40. The van der Waals surface area contributed by atoms with E-state index >= 15 is 0 Å². The van der Waals surface area contributed by atoms with E-state index in [1.54, 1.807) is 0 Å². The van der Waals surface area contributed by atoms with Gasteiger partial charge in [-0.3, -0.25) is 4.79 Å². The van der Waals surface area contributed by atoms with Crippen LogP contribution in [0.4, 0.5) is 5.82 Å². The summed E-state index contributed by atoms with van der Waals surface area (Å²) in [5.41, 5.74) is 6.05. The van der Waals surface area contributed by atoms with Gasteiger partial charge in [0, 0.05) is 42.9 Å². The second kappa shape index (κ2) is 6.32. The van der Waals surface area contributed by atoms with Crippen molar-refractivity contribution in [2.24, 2.45) is 11.7 Å². The lowest BCUT2D eigenvalue weighted by Crippen LogP contribution is -2.52. The van der Waals surface area contributed by atoms with Gasteiger partial charge in [-0.25, -0.2) is 4.98 Å².